The highest BCUT2D eigenvalue weighted by Crippen LogP contribution is 2.16. The van der Waals surface area contributed by atoms with Gasteiger partial charge in [0.1, 0.15) is 11.5 Å². The highest BCUT2D eigenvalue weighted by atomic mass is 35.5. The van der Waals surface area contributed by atoms with Gasteiger partial charge in [-0.25, -0.2) is 9.37 Å². The van der Waals surface area contributed by atoms with Crippen LogP contribution in [0.15, 0.2) is 29.1 Å². The van der Waals surface area contributed by atoms with E-state index >= 15 is 0 Å². The van der Waals surface area contributed by atoms with Crippen LogP contribution in [0.3, 0.4) is 0 Å². The molecule has 0 fully saturated rings. The number of thiazole rings is 1. The molecule has 0 saturated heterocycles. The first-order chi connectivity index (χ1) is 7.66. The Morgan fingerprint density at radius 3 is 2.94 bits per heavy atom. The summed E-state index contributed by atoms with van der Waals surface area (Å²) in [7, 11) is 0. The molecule has 5 heteroatoms. The number of rotatable bonds is 3. The fraction of sp³-hybridized carbons (Fsp3) is 0.0909. The number of carbonyl (C=O) groups excluding carboxylic acids is 1. The van der Waals surface area contributed by atoms with Gasteiger partial charge in [-0.3, -0.25) is 4.79 Å². The lowest BCUT2D eigenvalue weighted by Crippen LogP contribution is -2.05. The van der Waals surface area contributed by atoms with E-state index in [1.807, 2.05) is 0 Å². The Labute approximate surface area is 101 Å². The Bertz CT molecular complexity index is 513. The van der Waals surface area contributed by atoms with Crippen molar-refractivity contribution in [1.29, 1.82) is 0 Å². The zero-order valence-corrected chi connectivity index (χ0v) is 9.69. The molecule has 1 aromatic heterocycles. The van der Waals surface area contributed by atoms with Gasteiger partial charge in [0.15, 0.2) is 5.78 Å². The monoisotopic (exact) mass is 255 g/mol. The molecule has 1 heterocycles. The van der Waals surface area contributed by atoms with E-state index in [0.717, 1.165) is 0 Å². The third-order valence-corrected chi connectivity index (χ3v) is 2.91. The van der Waals surface area contributed by atoms with Crippen molar-refractivity contribution in [2.45, 2.75) is 6.42 Å². The van der Waals surface area contributed by atoms with Gasteiger partial charge in [0, 0.05) is 16.8 Å². The molecule has 0 bridgehead atoms. The number of nitrogens with zero attached hydrogens (tertiary/aromatic N) is 1. The molecule has 16 heavy (non-hydrogen) atoms. The number of halogens is 2. The Morgan fingerprint density at radius 2 is 2.31 bits per heavy atom. The molecule has 1 aromatic carbocycles. The first kappa shape index (κ1) is 11.2. The van der Waals surface area contributed by atoms with E-state index in [9.17, 15) is 9.18 Å². The second-order valence-electron chi connectivity index (χ2n) is 3.21. The van der Waals surface area contributed by atoms with Gasteiger partial charge in [-0.1, -0.05) is 17.7 Å². The lowest BCUT2D eigenvalue weighted by atomic mass is 10.1. The lowest BCUT2D eigenvalue weighted by Gasteiger charge is -2.01. The molecule has 0 unspecified atom stereocenters. The summed E-state index contributed by atoms with van der Waals surface area (Å²) in [5.74, 6) is -0.654. The number of Topliss-reactive ketones (excluding diaryl/α,β-unsaturated/α-hetero) is 1. The third-order valence-electron chi connectivity index (χ3n) is 2.08. The van der Waals surface area contributed by atoms with E-state index in [-0.39, 0.29) is 12.2 Å². The summed E-state index contributed by atoms with van der Waals surface area (Å²) in [4.78, 5) is 15.5. The largest absolute Gasteiger partial charge is 0.292 e. The Hall–Kier alpha value is -1.26. The Balaban J connectivity index is 2.18. The maximum atomic E-state index is 13.4. The number of aromatic nitrogens is 1. The van der Waals surface area contributed by atoms with Gasteiger partial charge < -0.3 is 0 Å². The van der Waals surface area contributed by atoms with Crippen LogP contribution in [-0.2, 0) is 6.42 Å². The first-order valence-electron chi connectivity index (χ1n) is 4.52. The molecule has 0 aliphatic carbocycles. The van der Waals surface area contributed by atoms with Gasteiger partial charge in [0.05, 0.1) is 5.51 Å². The van der Waals surface area contributed by atoms with Crippen molar-refractivity contribution in [3.05, 3.63) is 51.2 Å². The highest BCUT2D eigenvalue weighted by molar-refractivity contribution is 7.07. The zero-order valence-electron chi connectivity index (χ0n) is 8.11. The molecule has 0 radical (unpaired) electrons. The summed E-state index contributed by atoms with van der Waals surface area (Å²) in [5.41, 5.74) is 2.28. The summed E-state index contributed by atoms with van der Waals surface area (Å²) >= 11 is 6.96. The number of hydrogen-bond donors (Lipinski definition) is 0. The summed E-state index contributed by atoms with van der Waals surface area (Å²) in [6, 6.07) is 4.28. The molecular formula is C11H7ClFNOS. The fourth-order valence-corrected chi connectivity index (χ4v) is 1.99. The molecule has 0 N–H and O–H groups in total. The van der Waals surface area contributed by atoms with Crippen LogP contribution in [0.5, 0.6) is 0 Å². The van der Waals surface area contributed by atoms with Crippen LogP contribution in [0.25, 0.3) is 0 Å². The number of benzene rings is 1. The molecule has 2 rings (SSSR count). The average Bonchev–Trinajstić information content (AvgIpc) is 2.75. The van der Waals surface area contributed by atoms with E-state index < -0.39 is 5.82 Å². The van der Waals surface area contributed by atoms with Crippen molar-refractivity contribution in [1.82, 2.24) is 4.98 Å². The van der Waals surface area contributed by atoms with Gasteiger partial charge >= 0.3 is 0 Å². The van der Waals surface area contributed by atoms with Crippen molar-refractivity contribution < 1.29 is 9.18 Å². The van der Waals surface area contributed by atoms with Crippen molar-refractivity contribution in [3.8, 4) is 0 Å². The van der Waals surface area contributed by atoms with Gasteiger partial charge in [-0.2, -0.15) is 0 Å². The summed E-state index contributed by atoms with van der Waals surface area (Å²) in [5, 5.41) is 1.97. The molecule has 0 atom stereocenters. The predicted octanol–water partition coefficient (Wildman–Crippen LogP) is 3.36. The minimum atomic E-state index is -0.462. The Morgan fingerprint density at radius 1 is 1.50 bits per heavy atom. The second-order valence-corrected chi connectivity index (χ2v) is 4.36. The topological polar surface area (TPSA) is 30.0 Å². The van der Waals surface area contributed by atoms with Crippen molar-refractivity contribution in [2.24, 2.45) is 0 Å². The minimum absolute atomic E-state index is 0.00668. The first-order valence-corrected chi connectivity index (χ1v) is 5.84. The molecule has 2 nitrogen and oxygen atoms in total. The van der Waals surface area contributed by atoms with Crippen LogP contribution in [0.1, 0.15) is 16.1 Å². The minimum Gasteiger partial charge on any atom is -0.292 e. The van der Waals surface area contributed by atoms with E-state index in [0.29, 0.717) is 16.3 Å². The van der Waals surface area contributed by atoms with E-state index in [2.05, 4.69) is 4.98 Å². The van der Waals surface area contributed by atoms with E-state index in [4.69, 9.17) is 11.6 Å². The van der Waals surface area contributed by atoms with Gasteiger partial charge in [0.25, 0.3) is 0 Å². The van der Waals surface area contributed by atoms with Crippen molar-refractivity contribution in [2.75, 3.05) is 0 Å². The normalized spacial score (nSPS) is 10.4. The van der Waals surface area contributed by atoms with Crippen LogP contribution >= 0.6 is 22.9 Å². The van der Waals surface area contributed by atoms with Crippen molar-refractivity contribution >= 4 is 28.7 Å². The van der Waals surface area contributed by atoms with E-state index in [1.54, 1.807) is 17.0 Å². The zero-order chi connectivity index (χ0) is 11.5. The summed E-state index contributed by atoms with van der Waals surface area (Å²) in [6.07, 6.45) is 0.00668. The predicted molar refractivity (Wildman–Crippen MR) is 61.6 cm³/mol. The maximum absolute atomic E-state index is 13.4. The van der Waals surface area contributed by atoms with Crippen molar-refractivity contribution in [3.63, 3.8) is 0 Å². The van der Waals surface area contributed by atoms with Gasteiger partial charge in [-0.05, 0) is 17.7 Å². The maximum Gasteiger partial charge on any atom is 0.186 e. The van der Waals surface area contributed by atoms with Crippen LogP contribution in [0, 0.1) is 5.82 Å². The second kappa shape index (κ2) is 4.72. The smallest absolute Gasteiger partial charge is 0.186 e. The van der Waals surface area contributed by atoms with Crippen LogP contribution < -0.4 is 0 Å². The standard InChI is InChI=1S/C11H7ClFNOS/c12-8-2-1-7(9(13)4-8)3-11(15)10-5-16-6-14-10/h1-2,4-6H,3H2. The lowest BCUT2D eigenvalue weighted by molar-refractivity contribution is 0.0988. The quantitative estimate of drug-likeness (QED) is 0.787. The summed E-state index contributed by atoms with van der Waals surface area (Å²) in [6.45, 7) is 0. The molecule has 2 aromatic rings. The SMILES string of the molecule is O=C(Cc1ccc(Cl)cc1F)c1cscn1. The molecule has 82 valence electrons. The molecule has 0 amide bonds. The molecule has 0 saturated carbocycles. The van der Waals surface area contributed by atoms with Gasteiger partial charge in [0.2, 0.25) is 0 Å². The highest BCUT2D eigenvalue weighted by Gasteiger charge is 2.12. The molecule has 0 aliphatic heterocycles. The Kier molecular flexibility index (Phi) is 3.31. The van der Waals surface area contributed by atoms with E-state index in [1.165, 1.54) is 23.5 Å². The summed E-state index contributed by atoms with van der Waals surface area (Å²) < 4.78 is 13.4. The van der Waals surface area contributed by atoms with Crippen LogP contribution in [0.2, 0.25) is 5.02 Å². The molecular weight excluding hydrogens is 249 g/mol. The van der Waals surface area contributed by atoms with Crippen LogP contribution in [-0.4, -0.2) is 10.8 Å². The van der Waals surface area contributed by atoms with Crippen LogP contribution in [0.4, 0.5) is 4.39 Å². The molecule has 0 aliphatic rings. The third kappa shape index (κ3) is 2.46. The number of carbonyl (C=O) groups is 1. The number of ketones is 1. The fourth-order valence-electron chi connectivity index (χ4n) is 1.28. The average molecular weight is 256 g/mol. The molecule has 0 spiro atoms. The van der Waals surface area contributed by atoms with Gasteiger partial charge in [-0.15, -0.1) is 11.3 Å². The number of hydrogen-bond acceptors (Lipinski definition) is 3.